The third-order valence-corrected chi connectivity index (χ3v) is 18.2. The third-order valence-electron chi connectivity index (χ3n) is 18.2. The lowest BCUT2D eigenvalue weighted by Gasteiger charge is -2.27. The zero-order chi connectivity index (χ0) is 92.3. The second-order valence-electron chi connectivity index (χ2n) is 31.5. The van der Waals surface area contributed by atoms with E-state index in [1.807, 2.05) is 96.9 Å². The highest BCUT2D eigenvalue weighted by atomic mass is 35.5. The molecule has 7 heteroatoms. The van der Waals surface area contributed by atoms with Crippen molar-refractivity contribution >= 4 is 23.2 Å². The van der Waals surface area contributed by atoms with Gasteiger partial charge in [-0.05, 0) is 118 Å². The van der Waals surface area contributed by atoms with Gasteiger partial charge in [-0.3, -0.25) is 22.0 Å². The molecular formula is C106H193Cl2F5. The first-order valence-corrected chi connectivity index (χ1v) is 43.1. The van der Waals surface area contributed by atoms with Gasteiger partial charge in [0.1, 0.15) is 0 Å². The van der Waals surface area contributed by atoms with Crippen molar-refractivity contribution in [3.05, 3.63) is 251 Å². The molecule has 0 aliphatic heterocycles. The molecule has 0 N–H and O–H groups in total. The fourth-order valence-electron chi connectivity index (χ4n) is 8.69. The van der Waals surface area contributed by atoms with Gasteiger partial charge in [-0.1, -0.05) is 511 Å². The molecule has 0 aromatic heterocycles. The van der Waals surface area contributed by atoms with Gasteiger partial charge in [0.05, 0.1) is 35.9 Å². The van der Waals surface area contributed by atoms with Gasteiger partial charge in [-0.15, -0.1) is 23.2 Å². The Morgan fingerprint density at radius 3 is 0.257 bits per heavy atom. The van der Waals surface area contributed by atoms with E-state index >= 15 is 0 Å². The molecule has 0 radical (unpaired) electrons. The summed E-state index contributed by atoms with van der Waals surface area (Å²) < 4.78 is 47.5. The molecule has 0 aliphatic rings. The largest absolute Gasteiger partial charge is 0.255 e. The summed E-state index contributed by atoms with van der Waals surface area (Å²) in [7, 11) is 2.50. The van der Waals surface area contributed by atoms with Crippen molar-refractivity contribution in [2.24, 2.45) is 37.9 Å². The Bertz CT molecular complexity index is 2180. The lowest BCUT2D eigenvalue weighted by atomic mass is 9.78. The summed E-state index contributed by atoms with van der Waals surface area (Å²) in [5, 5.41) is 0. The first kappa shape index (κ1) is 143. The molecule has 0 saturated carbocycles. The summed E-state index contributed by atoms with van der Waals surface area (Å²) in [6.45, 7) is 91.9. The van der Waals surface area contributed by atoms with Gasteiger partial charge in [0.15, 0.2) is 0 Å². The van der Waals surface area contributed by atoms with Crippen LogP contribution in [0.15, 0.2) is 212 Å². The van der Waals surface area contributed by atoms with E-state index in [4.69, 9.17) is 0 Å². The highest BCUT2D eigenvalue weighted by Crippen LogP contribution is 2.39. The maximum Gasteiger partial charge on any atom is 0.0785 e. The van der Waals surface area contributed by atoms with Crippen LogP contribution in [0, 0.1) is 37.9 Å². The first-order chi connectivity index (χ1) is 52.6. The summed E-state index contributed by atoms with van der Waals surface area (Å²) in [5.74, 6) is 4.37. The molecular weight excluding hydrogens is 1440 g/mol. The molecule has 7 rings (SSSR count). The van der Waals surface area contributed by atoms with E-state index in [1.165, 1.54) is 51.7 Å². The molecule has 7 aromatic rings. The van der Waals surface area contributed by atoms with E-state index < -0.39 is 0 Å². The average molecular weight is 1630 g/mol. The van der Waals surface area contributed by atoms with Crippen molar-refractivity contribution in [2.45, 2.75) is 340 Å². The summed E-state index contributed by atoms with van der Waals surface area (Å²) in [6, 6.07) is 74.9. The number of hydrogen-bond acceptors (Lipinski definition) is 0. The molecule has 0 saturated heterocycles. The van der Waals surface area contributed by atoms with Crippen LogP contribution in [-0.2, 0) is 0 Å². The Balaban J connectivity index is -0.0000000722. The fraction of sp³-hybridized carbons (Fsp3) is 0.604. The van der Waals surface area contributed by atoms with E-state index in [2.05, 4.69) is 429 Å². The fourth-order valence-corrected chi connectivity index (χ4v) is 8.69. The highest BCUT2D eigenvalue weighted by Gasteiger charge is 2.26. The molecule has 0 spiro atoms. The minimum Gasteiger partial charge on any atom is -0.255 e. The van der Waals surface area contributed by atoms with Gasteiger partial charge >= 0.3 is 0 Å². The second-order valence-corrected chi connectivity index (χ2v) is 31.5. The van der Waals surface area contributed by atoms with E-state index in [9.17, 15) is 22.0 Å². The number of rotatable bonds is 7. The standard InChI is InChI=1S/7C12H18.7C2H6.2CH3Cl.5CH3F.CH4/c7*1-10(12(2,3)4)11-8-6-5-7-9-11;14*1-2;/h7*5-10H,1-4H3;7*1-2H3;7*1H3;1H4. The highest BCUT2D eigenvalue weighted by molar-refractivity contribution is 6.15. The SMILES string of the molecule is C.CC.CC.CC.CC.CC.CC.CC.CC(c1ccccc1)C(C)(C)C.CC(c1ccccc1)C(C)(C)C.CC(c1ccccc1)C(C)(C)C.CC(c1ccccc1)C(C)(C)C.CC(c1ccccc1)C(C)(C)C.CC(c1ccccc1)C(C)(C)C.CC(c1ccccc1)C(C)(C)C.CCl.CCl.CF.CF.CF.CF.CF. The van der Waals surface area contributed by atoms with Crippen molar-refractivity contribution in [1.82, 2.24) is 0 Å². The van der Waals surface area contributed by atoms with Gasteiger partial charge < -0.3 is 0 Å². The molecule has 0 fully saturated rings. The Hall–Kier alpha value is -5.23. The summed E-state index contributed by atoms with van der Waals surface area (Å²) in [6.07, 6.45) is 2.94. The topological polar surface area (TPSA) is 0 Å². The normalized spacial score (nSPS) is 11.4. The van der Waals surface area contributed by atoms with Crippen LogP contribution in [0.2, 0.25) is 0 Å². The van der Waals surface area contributed by atoms with E-state index in [1.54, 1.807) is 0 Å². The maximum absolute atomic E-state index is 9.50. The van der Waals surface area contributed by atoms with Gasteiger partial charge in [0.25, 0.3) is 0 Å². The quantitative estimate of drug-likeness (QED) is 0.110. The van der Waals surface area contributed by atoms with Crippen LogP contribution in [0.5, 0.6) is 0 Å². The minimum atomic E-state index is 0. The Labute approximate surface area is 718 Å². The van der Waals surface area contributed by atoms with Crippen molar-refractivity contribution in [3.63, 3.8) is 0 Å². The molecule has 0 aliphatic carbocycles. The summed E-state index contributed by atoms with van der Waals surface area (Å²) in [4.78, 5) is 0. The van der Waals surface area contributed by atoms with Gasteiger partial charge in [-0.2, -0.15) is 0 Å². The third kappa shape index (κ3) is 80.4. The lowest BCUT2D eigenvalue weighted by molar-refractivity contribution is 0.339. The minimum absolute atomic E-state index is 0. The maximum atomic E-state index is 9.50. The van der Waals surface area contributed by atoms with Crippen molar-refractivity contribution < 1.29 is 22.0 Å². The predicted molar refractivity (Wildman–Crippen MR) is 525 cm³/mol. The Morgan fingerprint density at radius 2 is 0.212 bits per heavy atom. The Morgan fingerprint density at radius 1 is 0.159 bits per heavy atom. The van der Waals surface area contributed by atoms with E-state index in [0.717, 1.165) is 0 Å². The van der Waals surface area contributed by atoms with Crippen LogP contribution < -0.4 is 0 Å². The first-order valence-electron chi connectivity index (χ1n) is 41.6. The number of hydrogen-bond donors (Lipinski definition) is 0. The molecule has 0 amide bonds. The van der Waals surface area contributed by atoms with E-state index in [0.29, 0.717) is 115 Å². The number of halogens is 7. The molecule has 113 heavy (non-hydrogen) atoms. The molecule has 666 valence electrons. The molecule has 7 aromatic carbocycles. The van der Waals surface area contributed by atoms with Gasteiger partial charge in [0.2, 0.25) is 0 Å². The molecule has 0 nitrogen and oxygen atoms in total. The average Bonchev–Trinajstić information content (AvgIpc) is 0.919. The molecule has 0 bridgehead atoms. The molecule has 0 heterocycles. The van der Waals surface area contributed by atoms with Crippen LogP contribution >= 0.6 is 23.2 Å². The van der Waals surface area contributed by atoms with E-state index in [-0.39, 0.29) is 7.43 Å². The predicted octanol–water partition coefficient (Wildman–Crippen LogP) is 39.3. The van der Waals surface area contributed by atoms with Crippen LogP contribution in [0.3, 0.4) is 0 Å². The van der Waals surface area contributed by atoms with Crippen LogP contribution in [0.1, 0.15) is 379 Å². The molecule has 7 atom stereocenters. The van der Waals surface area contributed by atoms with Crippen molar-refractivity contribution in [3.8, 4) is 0 Å². The monoisotopic (exact) mass is 1630 g/mol. The van der Waals surface area contributed by atoms with Crippen LogP contribution in [-0.4, -0.2) is 48.7 Å². The number of benzene rings is 7. The van der Waals surface area contributed by atoms with Crippen molar-refractivity contribution in [1.29, 1.82) is 0 Å². The molecule has 7 unspecified atom stereocenters. The lowest BCUT2D eigenvalue weighted by Crippen LogP contribution is -2.14. The summed E-state index contributed by atoms with van der Waals surface area (Å²) in [5.41, 5.74) is 12.6. The zero-order valence-electron chi connectivity index (χ0n) is 82.9. The number of alkyl halides is 7. The van der Waals surface area contributed by atoms with Crippen LogP contribution in [0.25, 0.3) is 0 Å². The van der Waals surface area contributed by atoms with Crippen LogP contribution in [0.4, 0.5) is 22.0 Å². The van der Waals surface area contributed by atoms with Crippen molar-refractivity contribution in [2.75, 3.05) is 48.7 Å². The van der Waals surface area contributed by atoms with Gasteiger partial charge in [-0.25, -0.2) is 0 Å². The Kier molecular flexibility index (Phi) is 117. The smallest absolute Gasteiger partial charge is 0.0785 e. The second kappa shape index (κ2) is 92.3. The van der Waals surface area contributed by atoms with Gasteiger partial charge in [0, 0.05) is 12.8 Å². The zero-order valence-corrected chi connectivity index (χ0v) is 84.4. The summed E-state index contributed by atoms with van der Waals surface area (Å²) >= 11 is 9.28.